The summed E-state index contributed by atoms with van der Waals surface area (Å²) in [7, 11) is 0. The summed E-state index contributed by atoms with van der Waals surface area (Å²) in [5, 5.41) is 15.7. The van der Waals surface area contributed by atoms with Gasteiger partial charge < -0.3 is 20.6 Å². The molecule has 37 heavy (non-hydrogen) atoms. The van der Waals surface area contributed by atoms with Gasteiger partial charge in [-0.3, -0.25) is 14.2 Å². The number of piperidine rings is 1. The first-order valence-electron chi connectivity index (χ1n) is 12.8. The second kappa shape index (κ2) is 9.71. The maximum atomic E-state index is 12.8. The number of rotatable bonds is 6. The minimum atomic E-state index is -0.213. The van der Waals surface area contributed by atoms with E-state index in [1.54, 1.807) is 6.33 Å². The van der Waals surface area contributed by atoms with Gasteiger partial charge in [-0.15, -0.1) is 0 Å². The van der Waals surface area contributed by atoms with Gasteiger partial charge in [-0.1, -0.05) is 0 Å². The van der Waals surface area contributed by atoms with E-state index in [0.717, 1.165) is 61.2 Å². The van der Waals surface area contributed by atoms with Crippen LogP contribution in [-0.2, 0) is 0 Å². The monoisotopic (exact) mass is 495 g/mol. The Morgan fingerprint density at radius 1 is 0.811 bits per heavy atom. The molecule has 0 unspecified atom stereocenters. The number of aromatic nitrogens is 2. The average Bonchev–Trinajstić information content (AvgIpc) is 3.64. The summed E-state index contributed by atoms with van der Waals surface area (Å²) < 4.78 is 1.96. The topological polar surface area (TPSA) is 99.5 Å². The summed E-state index contributed by atoms with van der Waals surface area (Å²) in [6, 6.07) is 21.0. The molecule has 0 radical (unpaired) electrons. The van der Waals surface area contributed by atoms with Gasteiger partial charge in [-0.05, 0) is 92.4 Å². The van der Waals surface area contributed by atoms with Crippen molar-refractivity contribution in [1.82, 2.24) is 14.9 Å². The lowest BCUT2D eigenvalue weighted by Crippen LogP contribution is -2.35. The number of hydrogen-bond acceptors (Lipinski definition) is 5. The van der Waals surface area contributed by atoms with Crippen LogP contribution in [0.25, 0.3) is 16.7 Å². The minimum Gasteiger partial charge on any atom is -0.393 e. The Morgan fingerprint density at radius 2 is 1.46 bits per heavy atom. The van der Waals surface area contributed by atoms with Crippen molar-refractivity contribution >= 4 is 34.2 Å². The summed E-state index contributed by atoms with van der Waals surface area (Å²) in [5.41, 5.74) is 5.53. The second-order valence-electron chi connectivity index (χ2n) is 9.83. The quantitative estimate of drug-likeness (QED) is 0.374. The molecule has 2 amide bonds. The van der Waals surface area contributed by atoms with Crippen LogP contribution in [0.2, 0.25) is 0 Å². The number of nitrogens with zero attached hydrogens (tertiary/aromatic N) is 3. The summed E-state index contributed by atoms with van der Waals surface area (Å²) in [4.78, 5) is 31.9. The molecule has 1 aromatic heterocycles. The van der Waals surface area contributed by atoms with Gasteiger partial charge in [0.1, 0.15) is 6.33 Å². The maximum Gasteiger partial charge on any atom is 0.255 e. The van der Waals surface area contributed by atoms with Crippen LogP contribution >= 0.6 is 0 Å². The maximum absolute atomic E-state index is 12.8. The van der Waals surface area contributed by atoms with Crippen LogP contribution in [-0.4, -0.2) is 51.7 Å². The highest BCUT2D eigenvalue weighted by atomic mass is 16.3. The molecular formula is C29H29N5O3. The van der Waals surface area contributed by atoms with Gasteiger partial charge in [0, 0.05) is 47.3 Å². The molecule has 4 aromatic rings. The third-order valence-corrected chi connectivity index (χ3v) is 7.08. The number of hydrogen-bond donors (Lipinski definition) is 3. The first kappa shape index (κ1) is 23.2. The van der Waals surface area contributed by atoms with Gasteiger partial charge in [0.15, 0.2) is 0 Å². The largest absolute Gasteiger partial charge is 0.393 e. The van der Waals surface area contributed by atoms with Crippen molar-refractivity contribution in [2.45, 2.75) is 37.8 Å². The number of amides is 2. The van der Waals surface area contributed by atoms with E-state index in [1.807, 2.05) is 71.3 Å². The molecule has 188 valence electrons. The van der Waals surface area contributed by atoms with Crippen LogP contribution in [0.3, 0.4) is 0 Å². The normalized spacial score (nSPS) is 16.1. The molecule has 1 aliphatic carbocycles. The Labute approximate surface area is 214 Å². The number of aliphatic hydroxyl groups is 1. The van der Waals surface area contributed by atoms with E-state index < -0.39 is 0 Å². The molecule has 0 bridgehead atoms. The van der Waals surface area contributed by atoms with Crippen LogP contribution in [0.5, 0.6) is 0 Å². The van der Waals surface area contributed by atoms with Gasteiger partial charge in [-0.25, -0.2) is 4.98 Å². The van der Waals surface area contributed by atoms with E-state index in [2.05, 4.69) is 20.5 Å². The number of imidazole rings is 1. The lowest BCUT2D eigenvalue weighted by atomic mass is 10.1. The standard InChI is InChI=1S/C29H29N5O3/c35-25-13-15-33(16-14-25)23-8-1-19(2-9-23)29(37)32-22-7-12-27-26(17-22)30-18-34(27)24-10-3-20(4-11-24)28(36)31-21-5-6-21/h1-4,7-12,17-18,21,25,35H,5-6,13-16H2,(H,31,36)(H,32,37). The third-order valence-electron chi connectivity index (χ3n) is 7.08. The second-order valence-corrected chi connectivity index (χ2v) is 9.83. The predicted octanol–water partition coefficient (Wildman–Crippen LogP) is 4.13. The molecule has 8 nitrogen and oxygen atoms in total. The van der Waals surface area contributed by atoms with E-state index in [9.17, 15) is 14.7 Å². The number of benzene rings is 3. The molecule has 1 saturated carbocycles. The van der Waals surface area contributed by atoms with Gasteiger partial charge in [0.05, 0.1) is 17.1 Å². The smallest absolute Gasteiger partial charge is 0.255 e. The fraction of sp³-hybridized carbons (Fsp3) is 0.276. The van der Waals surface area contributed by atoms with Crippen molar-refractivity contribution in [2.24, 2.45) is 0 Å². The zero-order valence-electron chi connectivity index (χ0n) is 20.4. The summed E-state index contributed by atoms with van der Waals surface area (Å²) in [6.45, 7) is 1.64. The van der Waals surface area contributed by atoms with Gasteiger partial charge in [-0.2, -0.15) is 0 Å². The third kappa shape index (κ3) is 5.06. The number of anilines is 2. The van der Waals surface area contributed by atoms with Crippen LogP contribution in [0.1, 0.15) is 46.4 Å². The lowest BCUT2D eigenvalue weighted by molar-refractivity contribution is 0.0950. The molecule has 8 heteroatoms. The Kier molecular flexibility index (Phi) is 6.10. The van der Waals surface area contributed by atoms with Crippen molar-refractivity contribution in [3.63, 3.8) is 0 Å². The van der Waals surface area contributed by atoms with Crippen molar-refractivity contribution < 1.29 is 14.7 Å². The average molecular weight is 496 g/mol. The number of carbonyl (C=O) groups excluding carboxylic acids is 2. The molecule has 0 spiro atoms. The van der Waals surface area contributed by atoms with Gasteiger partial charge in [0.2, 0.25) is 0 Å². The molecule has 3 aromatic carbocycles. The molecule has 3 N–H and O–H groups in total. The Hall–Kier alpha value is -4.17. The Balaban J connectivity index is 1.13. The first-order chi connectivity index (χ1) is 18.0. The highest BCUT2D eigenvalue weighted by Crippen LogP contribution is 2.24. The molecule has 2 aliphatic rings. The number of carbonyl (C=O) groups is 2. The molecule has 0 atom stereocenters. The zero-order valence-corrected chi connectivity index (χ0v) is 20.4. The van der Waals surface area contributed by atoms with Crippen LogP contribution in [0, 0.1) is 0 Å². The van der Waals surface area contributed by atoms with E-state index >= 15 is 0 Å². The number of aliphatic hydroxyl groups excluding tert-OH is 1. The van der Waals surface area contributed by atoms with Gasteiger partial charge >= 0.3 is 0 Å². The fourth-order valence-electron chi connectivity index (χ4n) is 4.72. The molecule has 6 rings (SSSR count). The van der Waals surface area contributed by atoms with E-state index in [4.69, 9.17) is 0 Å². The number of nitrogens with one attached hydrogen (secondary N) is 2. The highest BCUT2D eigenvalue weighted by Gasteiger charge is 2.23. The van der Waals surface area contributed by atoms with E-state index in [0.29, 0.717) is 22.9 Å². The Bertz CT molecular complexity index is 1430. The molecule has 1 aliphatic heterocycles. The zero-order chi connectivity index (χ0) is 25.4. The summed E-state index contributed by atoms with van der Waals surface area (Å²) in [6.07, 6.45) is 5.19. The van der Waals surface area contributed by atoms with Crippen molar-refractivity contribution in [3.05, 3.63) is 84.2 Å². The molecular weight excluding hydrogens is 466 g/mol. The minimum absolute atomic E-state index is 0.0362. The van der Waals surface area contributed by atoms with Gasteiger partial charge in [0.25, 0.3) is 11.8 Å². The fourth-order valence-corrected chi connectivity index (χ4v) is 4.72. The van der Waals surface area contributed by atoms with Crippen LogP contribution in [0.15, 0.2) is 73.1 Å². The predicted molar refractivity (Wildman–Crippen MR) is 143 cm³/mol. The van der Waals surface area contributed by atoms with Crippen LogP contribution in [0.4, 0.5) is 11.4 Å². The van der Waals surface area contributed by atoms with Crippen molar-refractivity contribution in [2.75, 3.05) is 23.3 Å². The van der Waals surface area contributed by atoms with E-state index in [1.165, 1.54) is 0 Å². The summed E-state index contributed by atoms with van der Waals surface area (Å²) in [5.74, 6) is -0.217. The first-order valence-corrected chi connectivity index (χ1v) is 12.8. The van der Waals surface area contributed by atoms with E-state index in [-0.39, 0.29) is 17.9 Å². The van der Waals surface area contributed by atoms with Crippen molar-refractivity contribution in [1.29, 1.82) is 0 Å². The number of fused-ring (bicyclic) bond motifs is 1. The highest BCUT2D eigenvalue weighted by molar-refractivity contribution is 6.05. The Morgan fingerprint density at radius 3 is 2.14 bits per heavy atom. The van der Waals surface area contributed by atoms with Crippen LogP contribution < -0.4 is 15.5 Å². The van der Waals surface area contributed by atoms with Crippen molar-refractivity contribution in [3.8, 4) is 5.69 Å². The SMILES string of the molecule is O=C(Nc1ccc2c(c1)ncn2-c1ccc(C(=O)NC2CC2)cc1)c1ccc(N2CCC(O)CC2)cc1. The molecule has 2 fully saturated rings. The molecule has 1 saturated heterocycles. The molecule has 2 heterocycles. The summed E-state index contributed by atoms with van der Waals surface area (Å²) >= 11 is 0. The lowest BCUT2D eigenvalue weighted by Gasteiger charge is -2.31.